The number of nitrogens with zero attached hydrogens (tertiary/aromatic N) is 4. The zero-order valence-corrected chi connectivity index (χ0v) is 17.2. The molecule has 3 aromatic heterocycles. The van der Waals surface area contributed by atoms with Crippen LogP contribution in [0.1, 0.15) is 19.3 Å². The van der Waals surface area contributed by atoms with Crippen LogP contribution in [0.5, 0.6) is 5.75 Å². The highest BCUT2D eigenvalue weighted by Gasteiger charge is 2.45. The van der Waals surface area contributed by atoms with Gasteiger partial charge in [0.25, 0.3) is 0 Å². The second-order valence-corrected chi connectivity index (χ2v) is 8.68. The van der Waals surface area contributed by atoms with Crippen LogP contribution < -0.4 is 10.2 Å². The first-order valence-corrected chi connectivity index (χ1v) is 10.7. The van der Waals surface area contributed by atoms with Gasteiger partial charge in [-0.2, -0.15) is 0 Å². The first-order valence-electron chi connectivity index (χ1n) is 10.7. The van der Waals surface area contributed by atoms with Crippen LogP contribution in [0.3, 0.4) is 0 Å². The fourth-order valence-corrected chi connectivity index (χ4v) is 4.46. The van der Waals surface area contributed by atoms with E-state index in [-0.39, 0.29) is 34.9 Å². The smallest absolute Gasteiger partial charge is 0.195 e. The maximum atomic E-state index is 14.4. The van der Waals surface area contributed by atoms with E-state index in [0.29, 0.717) is 16.7 Å². The molecule has 4 aromatic rings. The predicted molar refractivity (Wildman–Crippen MR) is 116 cm³/mol. The van der Waals surface area contributed by atoms with Gasteiger partial charge in [-0.25, -0.2) is 23.7 Å². The van der Waals surface area contributed by atoms with Gasteiger partial charge in [-0.05, 0) is 49.6 Å². The summed E-state index contributed by atoms with van der Waals surface area (Å²) in [6.07, 6.45) is 3.90. The molecule has 1 aromatic carbocycles. The van der Waals surface area contributed by atoms with Crippen molar-refractivity contribution in [3.05, 3.63) is 42.5 Å². The molecule has 0 bridgehead atoms. The molecule has 2 fully saturated rings. The van der Waals surface area contributed by atoms with Gasteiger partial charge in [-0.1, -0.05) is 0 Å². The molecule has 0 radical (unpaired) electrons. The highest BCUT2D eigenvalue weighted by atomic mass is 19.1. The Bertz CT molecular complexity index is 1340. The number of halogens is 2. The Hall–Kier alpha value is -3.33. The molecule has 1 atom stereocenters. The second-order valence-electron chi connectivity index (χ2n) is 8.68. The molecular weight excluding hydrogens is 416 g/mol. The Balaban J connectivity index is 1.27. The quantitative estimate of drug-likeness (QED) is 0.489. The minimum absolute atomic E-state index is 0.0177. The van der Waals surface area contributed by atoms with E-state index in [0.717, 1.165) is 44.6 Å². The standard InChI is InChI=1S/C23H21F2N5O2/c24-11-23(6-7-23)29-13-5-8-30(10-13)19-4-3-16-17(28-19)2-1-15(27-16)14-9-18-21(26-12-32-18)20(25)22(14)31/h1-4,9,12-13,29,31H,5-8,10-11H2. The van der Waals surface area contributed by atoms with Crippen molar-refractivity contribution < 1.29 is 18.3 Å². The highest BCUT2D eigenvalue weighted by Crippen LogP contribution is 2.38. The summed E-state index contributed by atoms with van der Waals surface area (Å²) in [5, 5.41) is 13.8. The lowest BCUT2D eigenvalue weighted by Gasteiger charge is -2.21. The molecule has 2 aliphatic rings. The Labute approximate surface area is 182 Å². The number of aromatic hydroxyl groups is 1. The van der Waals surface area contributed by atoms with E-state index in [1.54, 1.807) is 12.1 Å². The number of benzene rings is 1. The lowest BCUT2D eigenvalue weighted by molar-refractivity contribution is 0.332. The summed E-state index contributed by atoms with van der Waals surface area (Å²) in [6.45, 7) is 1.33. The fourth-order valence-electron chi connectivity index (χ4n) is 4.46. The molecule has 0 amide bonds. The first kappa shape index (κ1) is 19.4. The van der Waals surface area contributed by atoms with Crippen molar-refractivity contribution in [1.82, 2.24) is 20.3 Å². The van der Waals surface area contributed by atoms with E-state index in [1.165, 1.54) is 6.07 Å². The van der Waals surface area contributed by atoms with Crippen LogP contribution in [0, 0.1) is 5.82 Å². The zero-order valence-electron chi connectivity index (χ0n) is 17.2. The Kier molecular flexibility index (Phi) is 4.29. The van der Waals surface area contributed by atoms with Crippen LogP contribution in [0.15, 0.2) is 41.1 Å². The number of anilines is 1. The molecule has 6 rings (SSSR count). The number of alkyl halides is 1. The van der Waals surface area contributed by atoms with Crippen molar-refractivity contribution >= 4 is 28.0 Å². The second kappa shape index (κ2) is 7.09. The van der Waals surface area contributed by atoms with Gasteiger partial charge < -0.3 is 19.7 Å². The van der Waals surface area contributed by atoms with Crippen molar-refractivity contribution in [3.63, 3.8) is 0 Å². The van der Waals surface area contributed by atoms with Crippen LogP contribution in [-0.2, 0) is 0 Å². The molecule has 1 unspecified atom stereocenters. The minimum Gasteiger partial charge on any atom is -0.504 e. The molecule has 0 spiro atoms. The van der Waals surface area contributed by atoms with Gasteiger partial charge in [-0.15, -0.1) is 0 Å². The third-order valence-electron chi connectivity index (χ3n) is 6.48. The van der Waals surface area contributed by atoms with Crippen molar-refractivity contribution in [1.29, 1.82) is 0 Å². The monoisotopic (exact) mass is 437 g/mol. The van der Waals surface area contributed by atoms with Crippen LogP contribution >= 0.6 is 0 Å². The Morgan fingerprint density at radius 2 is 2.00 bits per heavy atom. The number of hydrogen-bond acceptors (Lipinski definition) is 7. The Morgan fingerprint density at radius 1 is 1.19 bits per heavy atom. The molecule has 7 nitrogen and oxygen atoms in total. The predicted octanol–water partition coefficient (Wildman–Crippen LogP) is 3.95. The normalized spacial score (nSPS) is 19.8. The minimum atomic E-state index is -0.834. The topological polar surface area (TPSA) is 87.3 Å². The summed E-state index contributed by atoms with van der Waals surface area (Å²) in [7, 11) is 0. The van der Waals surface area contributed by atoms with Gasteiger partial charge in [0.05, 0.1) is 16.7 Å². The number of aromatic nitrogens is 3. The number of nitrogens with one attached hydrogen (secondary N) is 1. The average Bonchev–Trinajstić information content (AvgIpc) is 3.19. The van der Waals surface area contributed by atoms with Crippen LogP contribution in [0.2, 0.25) is 0 Å². The molecule has 32 heavy (non-hydrogen) atoms. The van der Waals surface area contributed by atoms with Gasteiger partial charge in [0.1, 0.15) is 18.0 Å². The lowest BCUT2D eigenvalue weighted by Crippen LogP contribution is -2.43. The molecule has 1 aliphatic heterocycles. The van der Waals surface area contributed by atoms with E-state index in [4.69, 9.17) is 9.40 Å². The fraction of sp³-hybridized carbons (Fsp3) is 0.348. The van der Waals surface area contributed by atoms with E-state index in [2.05, 4.69) is 20.2 Å². The summed E-state index contributed by atoms with van der Waals surface area (Å²) in [4.78, 5) is 15.3. The van der Waals surface area contributed by atoms with Crippen molar-refractivity contribution in [2.24, 2.45) is 0 Å². The summed E-state index contributed by atoms with van der Waals surface area (Å²) in [5.74, 6) is -0.502. The number of phenolic OH excluding ortho intramolecular Hbond substituents is 1. The van der Waals surface area contributed by atoms with E-state index in [1.807, 2.05) is 12.1 Å². The molecule has 1 aliphatic carbocycles. The highest BCUT2D eigenvalue weighted by molar-refractivity contribution is 5.86. The third kappa shape index (κ3) is 3.15. The molecule has 164 valence electrons. The van der Waals surface area contributed by atoms with Crippen molar-refractivity contribution in [3.8, 4) is 17.0 Å². The summed E-state index contributed by atoms with van der Waals surface area (Å²) in [5.41, 5.74) is 1.90. The molecule has 2 N–H and O–H groups in total. The summed E-state index contributed by atoms with van der Waals surface area (Å²) in [6, 6.07) is 9.06. The van der Waals surface area contributed by atoms with Crippen molar-refractivity contribution in [2.45, 2.75) is 30.8 Å². The SMILES string of the molecule is Oc1c(-c2ccc3nc(N4CCC(NC5(CF)CC5)C4)ccc3n2)cc2ocnc2c1F. The lowest BCUT2D eigenvalue weighted by atomic mass is 10.1. The largest absolute Gasteiger partial charge is 0.504 e. The molecule has 4 heterocycles. The number of phenols is 1. The van der Waals surface area contributed by atoms with Crippen LogP contribution in [0.25, 0.3) is 33.4 Å². The number of rotatable bonds is 5. The first-order chi connectivity index (χ1) is 15.5. The van der Waals surface area contributed by atoms with E-state index in [9.17, 15) is 13.9 Å². The summed E-state index contributed by atoms with van der Waals surface area (Å²) < 4.78 is 32.8. The van der Waals surface area contributed by atoms with Crippen LogP contribution in [0.4, 0.5) is 14.6 Å². The summed E-state index contributed by atoms with van der Waals surface area (Å²) >= 11 is 0. The van der Waals surface area contributed by atoms with Gasteiger partial charge in [0.2, 0.25) is 0 Å². The van der Waals surface area contributed by atoms with E-state index >= 15 is 0 Å². The maximum absolute atomic E-state index is 14.4. The zero-order chi connectivity index (χ0) is 21.9. The molecule has 1 saturated heterocycles. The average molecular weight is 437 g/mol. The number of hydrogen-bond donors (Lipinski definition) is 2. The van der Waals surface area contributed by atoms with Gasteiger partial charge >= 0.3 is 0 Å². The van der Waals surface area contributed by atoms with Crippen LogP contribution in [-0.4, -0.2) is 51.4 Å². The van der Waals surface area contributed by atoms with Gasteiger partial charge in [-0.3, -0.25) is 0 Å². The number of pyridine rings is 2. The molecular formula is C23H21F2N5O2. The third-order valence-corrected chi connectivity index (χ3v) is 6.48. The number of oxazole rings is 1. The molecule has 9 heteroatoms. The van der Waals surface area contributed by atoms with E-state index < -0.39 is 11.6 Å². The maximum Gasteiger partial charge on any atom is 0.195 e. The Morgan fingerprint density at radius 3 is 2.81 bits per heavy atom. The van der Waals surface area contributed by atoms with Crippen molar-refractivity contribution in [2.75, 3.05) is 24.7 Å². The molecule has 1 saturated carbocycles. The number of fused-ring (bicyclic) bond motifs is 2. The van der Waals surface area contributed by atoms with Gasteiger partial charge in [0, 0.05) is 30.2 Å². The van der Waals surface area contributed by atoms with Gasteiger partial charge in [0.15, 0.2) is 23.5 Å².